The minimum absolute atomic E-state index is 0.130. The van der Waals surface area contributed by atoms with Crippen molar-refractivity contribution < 1.29 is 17.8 Å². The van der Waals surface area contributed by atoms with Crippen molar-refractivity contribution in [3.05, 3.63) is 54.1 Å². The highest BCUT2D eigenvalue weighted by Gasteiger charge is 2.14. The SMILES string of the molecule is Nc1cc(NC(=O)Cc2ccccc2)ccc1S(=O)(=O)O. The highest BCUT2D eigenvalue weighted by molar-refractivity contribution is 7.86. The monoisotopic (exact) mass is 306 g/mol. The molecule has 0 aliphatic carbocycles. The lowest BCUT2D eigenvalue weighted by atomic mass is 10.1. The van der Waals surface area contributed by atoms with Crippen molar-refractivity contribution in [2.75, 3.05) is 11.1 Å². The van der Waals surface area contributed by atoms with Crippen LogP contribution in [0.5, 0.6) is 0 Å². The number of anilines is 2. The lowest BCUT2D eigenvalue weighted by Gasteiger charge is -2.08. The molecule has 0 fully saturated rings. The van der Waals surface area contributed by atoms with E-state index in [1.54, 1.807) is 0 Å². The van der Waals surface area contributed by atoms with Gasteiger partial charge in [-0.3, -0.25) is 9.35 Å². The fourth-order valence-electron chi connectivity index (χ4n) is 1.85. The van der Waals surface area contributed by atoms with Gasteiger partial charge >= 0.3 is 0 Å². The van der Waals surface area contributed by atoms with Gasteiger partial charge in [-0.05, 0) is 23.8 Å². The summed E-state index contributed by atoms with van der Waals surface area (Å²) >= 11 is 0. The minimum Gasteiger partial charge on any atom is -0.398 e. The Morgan fingerprint density at radius 2 is 1.81 bits per heavy atom. The van der Waals surface area contributed by atoms with Crippen molar-refractivity contribution in [1.29, 1.82) is 0 Å². The Morgan fingerprint density at radius 1 is 1.14 bits per heavy atom. The molecule has 0 unspecified atom stereocenters. The molecule has 0 radical (unpaired) electrons. The van der Waals surface area contributed by atoms with Crippen LogP contribution in [0, 0.1) is 0 Å². The van der Waals surface area contributed by atoms with Gasteiger partial charge in [-0.25, -0.2) is 0 Å². The molecule has 0 aliphatic heterocycles. The zero-order chi connectivity index (χ0) is 15.5. The summed E-state index contributed by atoms with van der Waals surface area (Å²) < 4.78 is 31.0. The predicted molar refractivity (Wildman–Crippen MR) is 79.4 cm³/mol. The molecule has 0 saturated carbocycles. The molecule has 0 atom stereocenters. The first-order chi connectivity index (χ1) is 9.86. The number of hydrogen-bond acceptors (Lipinski definition) is 4. The predicted octanol–water partition coefficient (Wildman–Crippen LogP) is 1.70. The van der Waals surface area contributed by atoms with Crippen molar-refractivity contribution in [1.82, 2.24) is 0 Å². The van der Waals surface area contributed by atoms with E-state index in [-0.39, 0.29) is 22.9 Å². The second-order valence-corrected chi connectivity index (χ2v) is 5.83. The van der Waals surface area contributed by atoms with Gasteiger partial charge in [0.1, 0.15) is 4.90 Å². The molecule has 0 aliphatic rings. The van der Waals surface area contributed by atoms with Gasteiger partial charge in [-0.1, -0.05) is 30.3 Å². The highest BCUT2D eigenvalue weighted by atomic mass is 32.2. The summed E-state index contributed by atoms with van der Waals surface area (Å²) in [5.74, 6) is -0.250. The van der Waals surface area contributed by atoms with Gasteiger partial charge in [0.2, 0.25) is 5.91 Å². The topological polar surface area (TPSA) is 109 Å². The number of carbonyl (C=O) groups is 1. The maximum Gasteiger partial charge on any atom is 0.296 e. The van der Waals surface area contributed by atoms with Crippen LogP contribution < -0.4 is 11.1 Å². The molecule has 0 aromatic heterocycles. The van der Waals surface area contributed by atoms with Crippen molar-refractivity contribution in [3.63, 3.8) is 0 Å². The number of amides is 1. The third-order valence-corrected chi connectivity index (χ3v) is 3.71. The molecule has 21 heavy (non-hydrogen) atoms. The first-order valence-electron chi connectivity index (χ1n) is 6.07. The van der Waals surface area contributed by atoms with Crippen molar-refractivity contribution in [2.24, 2.45) is 0 Å². The Labute approximate surface area is 122 Å². The molecule has 2 aromatic carbocycles. The standard InChI is InChI=1S/C14H14N2O4S/c15-12-9-11(6-7-13(12)21(18,19)20)16-14(17)8-10-4-2-1-3-5-10/h1-7,9H,8,15H2,(H,16,17)(H,18,19,20). The molecule has 1 amide bonds. The zero-order valence-corrected chi connectivity index (χ0v) is 11.8. The van der Waals surface area contributed by atoms with E-state index in [4.69, 9.17) is 10.3 Å². The van der Waals surface area contributed by atoms with E-state index in [2.05, 4.69) is 5.32 Å². The third kappa shape index (κ3) is 4.04. The highest BCUT2D eigenvalue weighted by Crippen LogP contribution is 2.22. The van der Waals surface area contributed by atoms with Gasteiger partial charge in [-0.2, -0.15) is 8.42 Å². The fourth-order valence-corrected chi connectivity index (χ4v) is 2.44. The van der Waals surface area contributed by atoms with Gasteiger partial charge in [0.05, 0.1) is 12.1 Å². The Kier molecular flexibility index (Phi) is 4.25. The molecule has 110 valence electrons. The van der Waals surface area contributed by atoms with Crippen LogP contribution in [0.15, 0.2) is 53.4 Å². The van der Waals surface area contributed by atoms with E-state index < -0.39 is 10.1 Å². The first-order valence-corrected chi connectivity index (χ1v) is 7.51. The molecule has 7 heteroatoms. The molecule has 4 N–H and O–H groups in total. The normalized spacial score (nSPS) is 11.1. The van der Waals surface area contributed by atoms with Crippen LogP contribution in [0.2, 0.25) is 0 Å². The van der Waals surface area contributed by atoms with Crippen molar-refractivity contribution in [3.8, 4) is 0 Å². The van der Waals surface area contributed by atoms with Crippen LogP contribution in [0.25, 0.3) is 0 Å². The quantitative estimate of drug-likeness (QED) is 0.588. The smallest absolute Gasteiger partial charge is 0.296 e. The summed E-state index contributed by atoms with van der Waals surface area (Å²) in [6.07, 6.45) is 0.195. The van der Waals surface area contributed by atoms with Crippen molar-refractivity contribution in [2.45, 2.75) is 11.3 Å². The number of hydrogen-bond donors (Lipinski definition) is 3. The van der Waals surface area contributed by atoms with Gasteiger partial charge in [0.25, 0.3) is 10.1 Å². The van der Waals surface area contributed by atoms with E-state index in [1.165, 1.54) is 12.1 Å². The third-order valence-electron chi connectivity index (χ3n) is 2.78. The molecule has 2 rings (SSSR count). The lowest BCUT2D eigenvalue weighted by molar-refractivity contribution is -0.115. The van der Waals surface area contributed by atoms with E-state index >= 15 is 0 Å². The Hall–Kier alpha value is -2.38. The second kappa shape index (κ2) is 5.94. The van der Waals surface area contributed by atoms with Gasteiger partial charge in [0, 0.05) is 5.69 Å². The number of nitrogens with two attached hydrogens (primary N) is 1. The maximum absolute atomic E-state index is 11.9. The number of carbonyl (C=O) groups excluding carboxylic acids is 1. The molecule has 0 heterocycles. The van der Waals surface area contributed by atoms with Crippen LogP contribution in [0.4, 0.5) is 11.4 Å². The molecule has 0 saturated heterocycles. The van der Waals surface area contributed by atoms with E-state index in [9.17, 15) is 13.2 Å². The number of rotatable bonds is 4. The van der Waals surface area contributed by atoms with Gasteiger partial charge in [0.15, 0.2) is 0 Å². The average molecular weight is 306 g/mol. The minimum atomic E-state index is -4.36. The summed E-state index contributed by atoms with van der Waals surface area (Å²) in [6, 6.07) is 13.0. The second-order valence-electron chi connectivity index (χ2n) is 4.44. The zero-order valence-electron chi connectivity index (χ0n) is 11.0. The van der Waals surface area contributed by atoms with Crippen LogP contribution in [0.3, 0.4) is 0 Å². The van der Waals surface area contributed by atoms with Crippen LogP contribution in [-0.4, -0.2) is 18.9 Å². The summed E-state index contributed by atoms with van der Waals surface area (Å²) in [6.45, 7) is 0. The summed E-state index contributed by atoms with van der Waals surface area (Å²) in [5.41, 5.74) is 6.64. The molecule has 0 bridgehead atoms. The Balaban J connectivity index is 2.10. The number of nitrogens with one attached hydrogen (secondary N) is 1. The van der Waals surface area contributed by atoms with Gasteiger partial charge in [-0.15, -0.1) is 0 Å². The van der Waals surface area contributed by atoms with E-state index in [0.717, 1.165) is 11.6 Å². The average Bonchev–Trinajstić information content (AvgIpc) is 2.38. The van der Waals surface area contributed by atoms with Crippen LogP contribution in [0.1, 0.15) is 5.56 Å². The van der Waals surface area contributed by atoms with E-state index in [0.29, 0.717) is 5.69 Å². The van der Waals surface area contributed by atoms with Gasteiger partial charge < -0.3 is 11.1 Å². The molecule has 2 aromatic rings. The molecule has 0 spiro atoms. The lowest BCUT2D eigenvalue weighted by Crippen LogP contribution is -2.15. The maximum atomic E-state index is 11.9. The molecule has 6 nitrogen and oxygen atoms in total. The fraction of sp³-hybridized carbons (Fsp3) is 0.0714. The molecular weight excluding hydrogens is 292 g/mol. The van der Waals surface area contributed by atoms with Crippen molar-refractivity contribution >= 4 is 27.4 Å². The number of benzene rings is 2. The van der Waals surface area contributed by atoms with Crippen LogP contribution >= 0.6 is 0 Å². The summed E-state index contributed by atoms with van der Waals surface area (Å²) in [4.78, 5) is 11.5. The van der Waals surface area contributed by atoms with E-state index in [1.807, 2.05) is 30.3 Å². The Bertz CT molecular complexity index is 758. The summed E-state index contributed by atoms with van der Waals surface area (Å²) in [5, 5.41) is 2.61. The summed E-state index contributed by atoms with van der Waals surface area (Å²) in [7, 11) is -4.36. The largest absolute Gasteiger partial charge is 0.398 e. The number of nitrogen functional groups attached to an aromatic ring is 1. The Morgan fingerprint density at radius 3 is 2.38 bits per heavy atom. The first kappa shape index (κ1) is 15.0. The van der Waals surface area contributed by atoms with Crippen LogP contribution in [-0.2, 0) is 21.3 Å². The molecular formula is C14H14N2O4S.